The van der Waals surface area contributed by atoms with Crippen molar-refractivity contribution in [3.8, 4) is 5.75 Å². The number of para-hydroxylation sites is 1. The van der Waals surface area contributed by atoms with Gasteiger partial charge in [0.2, 0.25) is 10.0 Å². The summed E-state index contributed by atoms with van der Waals surface area (Å²) in [6.07, 6.45) is 2.02. The quantitative estimate of drug-likeness (QED) is 0.261. The molecule has 0 aliphatic carbocycles. The maximum atomic E-state index is 13.8. The summed E-state index contributed by atoms with van der Waals surface area (Å²) in [7, 11) is -4.48. The molecule has 3 N–H and O–H groups in total. The molecule has 0 aromatic heterocycles. The van der Waals surface area contributed by atoms with E-state index < -0.39 is 38.5 Å². The van der Waals surface area contributed by atoms with E-state index in [1.165, 1.54) is 22.5 Å². The Morgan fingerprint density at radius 1 is 1.08 bits per heavy atom. The van der Waals surface area contributed by atoms with Gasteiger partial charge in [-0.05, 0) is 54.0 Å². The van der Waals surface area contributed by atoms with E-state index in [-0.39, 0.29) is 13.1 Å². The third-order valence-electron chi connectivity index (χ3n) is 6.08. The zero-order valence-corrected chi connectivity index (χ0v) is 20.6. The molecule has 1 heterocycles. The van der Waals surface area contributed by atoms with Gasteiger partial charge in [0.15, 0.2) is 0 Å². The topological polar surface area (TPSA) is 127 Å². The van der Waals surface area contributed by atoms with Crippen LogP contribution in [-0.2, 0) is 27.8 Å². The summed E-state index contributed by atoms with van der Waals surface area (Å²) in [4.78, 5) is 27.2. The lowest BCUT2D eigenvalue weighted by atomic mass is 10.1. The number of sulfonamides is 1. The van der Waals surface area contributed by atoms with E-state index in [4.69, 9.17) is 0 Å². The highest BCUT2D eigenvalue weighted by Crippen LogP contribution is 2.34. The van der Waals surface area contributed by atoms with Gasteiger partial charge in [-0.1, -0.05) is 49.0 Å². The van der Waals surface area contributed by atoms with Gasteiger partial charge in [0.05, 0.1) is 6.54 Å². The Morgan fingerprint density at radius 2 is 1.78 bits per heavy atom. The second kappa shape index (κ2) is 10.8. The van der Waals surface area contributed by atoms with Gasteiger partial charge in [0, 0.05) is 17.8 Å². The lowest BCUT2D eigenvalue weighted by Crippen LogP contribution is -2.53. The van der Waals surface area contributed by atoms with E-state index in [9.17, 15) is 28.3 Å². The first-order valence-corrected chi connectivity index (χ1v) is 12.8. The molecule has 190 valence electrons. The monoisotopic (exact) mass is 519 g/mol. The number of hydroxylamine groups is 1. The second-order valence-corrected chi connectivity index (χ2v) is 10.2. The Balaban J connectivity index is 1.82. The largest absolute Gasteiger partial charge is 0.507 e. The first kappa shape index (κ1) is 25.9. The van der Waals surface area contributed by atoms with E-state index in [1.54, 1.807) is 66.7 Å². The minimum absolute atomic E-state index is 0.282. The zero-order chi connectivity index (χ0) is 26.6. The van der Waals surface area contributed by atoms with Crippen molar-refractivity contribution in [2.75, 3.05) is 11.4 Å². The third kappa shape index (κ3) is 5.18. The number of nitrogens with zero attached hydrogens (tertiary/aromatic N) is 2. The van der Waals surface area contributed by atoms with Gasteiger partial charge < -0.3 is 10.0 Å². The summed E-state index contributed by atoms with van der Waals surface area (Å²) in [6.45, 7) is 2.82. The Hall–Kier alpha value is -4.21. The van der Waals surface area contributed by atoms with Gasteiger partial charge in [-0.25, -0.2) is 13.9 Å². The van der Waals surface area contributed by atoms with Crippen LogP contribution in [0.15, 0.2) is 96.1 Å². The van der Waals surface area contributed by atoms with Gasteiger partial charge in [-0.3, -0.25) is 14.8 Å². The molecule has 37 heavy (non-hydrogen) atoms. The molecule has 1 atom stereocenters. The van der Waals surface area contributed by atoms with Crippen molar-refractivity contribution in [2.45, 2.75) is 23.9 Å². The predicted octanol–water partition coefficient (Wildman–Crippen LogP) is 3.00. The van der Waals surface area contributed by atoms with E-state index in [1.807, 2.05) is 0 Å². The first-order valence-electron chi connectivity index (χ1n) is 11.3. The molecule has 1 aliphatic rings. The van der Waals surface area contributed by atoms with E-state index >= 15 is 0 Å². The Labute approximate surface area is 214 Å². The fourth-order valence-electron chi connectivity index (χ4n) is 4.24. The minimum Gasteiger partial charge on any atom is -0.507 e. The molecule has 10 heteroatoms. The zero-order valence-electron chi connectivity index (χ0n) is 19.7. The van der Waals surface area contributed by atoms with Gasteiger partial charge in [0.1, 0.15) is 16.7 Å². The summed E-state index contributed by atoms with van der Waals surface area (Å²) < 4.78 is 28.6. The third-order valence-corrected chi connectivity index (χ3v) is 7.98. The molecule has 3 aromatic rings. The fourth-order valence-corrected chi connectivity index (χ4v) is 5.86. The van der Waals surface area contributed by atoms with Crippen LogP contribution in [0.25, 0.3) is 0 Å². The number of fused-ring (bicyclic) bond motifs is 1. The van der Waals surface area contributed by atoms with Crippen molar-refractivity contribution in [2.24, 2.45) is 0 Å². The molecule has 0 saturated heterocycles. The normalized spacial score (nSPS) is 15.7. The van der Waals surface area contributed by atoms with Crippen molar-refractivity contribution in [3.63, 3.8) is 0 Å². The lowest BCUT2D eigenvalue weighted by Gasteiger charge is -2.30. The summed E-state index contributed by atoms with van der Waals surface area (Å²) >= 11 is 0. The van der Waals surface area contributed by atoms with Gasteiger partial charge in [-0.2, -0.15) is 4.31 Å². The van der Waals surface area contributed by atoms with Crippen LogP contribution in [0.3, 0.4) is 0 Å². The van der Waals surface area contributed by atoms with Crippen LogP contribution >= 0.6 is 0 Å². The number of phenolic OH excluding ortho intramolecular Hbond substituents is 1. The molecule has 0 radical (unpaired) electrons. The van der Waals surface area contributed by atoms with Gasteiger partial charge in [-0.15, -0.1) is 5.73 Å². The number of carbonyl (C=O) groups is 2. The van der Waals surface area contributed by atoms with Crippen molar-refractivity contribution < 1.29 is 28.3 Å². The van der Waals surface area contributed by atoms with E-state index in [2.05, 4.69) is 12.3 Å². The summed E-state index contributed by atoms with van der Waals surface area (Å²) in [6, 6.07) is 17.7. The van der Waals surface area contributed by atoms with Gasteiger partial charge >= 0.3 is 0 Å². The number of anilines is 1. The molecule has 2 amide bonds. The maximum Gasteiger partial charge on any atom is 0.263 e. The van der Waals surface area contributed by atoms with Crippen LogP contribution in [-0.4, -0.2) is 47.4 Å². The second-order valence-electron chi connectivity index (χ2n) is 8.37. The number of hydrogen-bond acceptors (Lipinski definition) is 6. The van der Waals surface area contributed by atoms with Crippen LogP contribution in [0.1, 0.15) is 21.5 Å². The van der Waals surface area contributed by atoms with Crippen molar-refractivity contribution in [1.82, 2.24) is 9.79 Å². The standard InChI is InChI=1S/C27H25N3O6S/c1-2-3-9-19-14-15-25(24(31)16-19)37(35,36)30-17-21-12-7-8-13-22(21)29(18-23(30)26(32)28-34)27(33)20-10-5-4-6-11-20/h3-8,10-16,23,31,34H,1,9,17-18H2,(H,28,32). The molecule has 3 aromatic carbocycles. The van der Waals surface area contributed by atoms with Crippen molar-refractivity contribution in [3.05, 3.63) is 108 Å². The average Bonchev–Trinajstić information content (AvgIpc) is 3.09. The van der Waals surface area contributed by atoms with Gasteiger partial charge in [0.25, 0.3) is 11.8 Å². The molecule has 9 nitrogen and oxygen atoms in total. The van der Waals surface area contributed by atoms with Crippen LogP contribution in [0.5, 0.6) is 5.75 Å². The smallest absolute Gasteiger partial charge is 0.263 e. The molecular formula is C27H25N3O6S. The molecule has 4 rings (SSSR count). The molecule has 0 spiro atoms. The lowest BCUT2D eigenvalue weighted by molar-refractivity contribution is -0.133. The number of allylic oxidation sites excluding steroid dienone is 1. The first-order chi connectivity index (χ1) is 17.8. The number of amides is 2. The number of hydrogen-bond donors (Lipinski definition) is 3. The highest BCUT2D eigenvalue weighted by atomic mass is 32.2. The average molecular weight is 520 g/mol. The number of aromatic hydroxyl groups is 1. The Kier molecular flexibility index (Phi) is 7.56. The Morgan fingerprint density at radius 3 is 2.46 bits per heavy atom. The van der Waals surface area contributed by atoms with E-state index in [0.29, 0.717) is 28.8 Å². The maximum absolute atomic E-state index is 13.8. The van der Waals surface area contributed by atoms with Crippen LogP contribution in [0, 0.1) is 0 Å². The molecule has 1 unspecified atom stereocenters. The number of phenols is 1. The molecule has 1 aliphatic heterocycles. The number of carbonyl (C=O) groups excluding carboxylic acids is 2. The van der Waals surface area contributed by atoms with Crippen LogP contribution < -0.4 is 10.4 Å². The minimum atomic E-state index is -4.48. The van der Waals surface area contributed by atoms with E-state index in [0.717, 1.165) is 4.31 Å². The molecule has 0 bridgehead atoms. The van der Waals surface area contributed by atoms with Crippen molar-refractivity contribution in [1.29, 1.82) is 0 Å². The fraction of sp³-hybridized carbons (Fsp3) is 0.148. The summed E-state index contributed by atoms with van der Waals surface area (Å²) in [5, 5.41) is 20.1. The molecular weight excluding hydrogens is 494 g/mol. The highest BCUT2D eigenvalue weighted by Gasteiger charge is 2.42. The molecule has 0 fully saturated rings. The summed E-state index contributed by atoms with van der Waals surface area (Å²) in [5.74, 6) is -1.95. The Bertz CT molecular complexity index is 1480. The van der Waals surface area contributed by atoms with Crippen molar-refractivity contribution >= 4 is 27.5 Å². The predicted molar refractivity (Wildman–Crippen MR) is 137 cm³/mol. The van der Waals surface area contributed by atoms with Crippen LogP contribution in [0.4, 0.5) is 5.69 Å². The number of rotatable bonds is 6. The van der Waals surface area contributed by atoms with Crippen LogP contribution in [0.2, 0.25) is 0 Å². The highest BCUT2D eigenvalue weighted by molar-refractivity contribution is 7.89. The summed E-state index contributed by atoms with van der Waals surface area (Å²) in [5.41, 5.74) is 6.02. The number of benzene rings is 3. The number of nitrogens with one attached hydrogen (secondary N) is 1. The molecule has 0 saturated carbocycles. The SMILES string of the molecule is C=C=CCc1ccc(S(=O)(=O)N2Cc3ccccc3N(C(=O)c3ccccc3)CC2C(=O)NO)c(O)c1.